The van der Waals surface area contributed by atoms with Crippen LogP contribution in [0.25, 0.3) is 0 Å². The second-order valence-electron chi connectivity index (χ2n) is 5.29. The van der Waals surface area contributed by atoms with Gasteiger partial charge < -0.3 is 9.47 Å². The third-order valence-electron chi connectivity index (χ3n) is 3.44. The van der Waals surface area contributed by atoms with E-state index in [1.54, 1.807) is 24.6 Å². The zero-order valence-electron chi connectivity index (χ0n) is 13.4. The summed E-state index contributed by atoms with van der Waals surface area (Å²) in [5.41, 5.74) is 0.905. The Balaban J connectivity index is 1.78. The van der Waals surface area contributed by atoms with Gasteiger partial charge in [0, 0.05) is 24.7 Å². The quantitative estimate of drug-likeness (QED) is 0.593. The molecule has 1 aliphatic rings. The van der Waals surface area contributed by atoms with E-state index in [2.05, 4.69) is 4.74 Å². The van der Waals surface area contributed by atoms with Gasteiger partial charge in [-0.05, 0) is 5.56 Å². The Kier molecular flexibility index (Phi) is 6.31. The van der Waals surface area contributed by atoms with Crippen LogP contribution in [0.15, 0.2) is 54.9 Å². The van der Waals surface area contributed by atoms with E-state index in [0.29, 0.717) is 0 Å². The average Bonchev–Trinajstić information content (AvgIpc) is 2.61. The lowest BCUT2D eigenvalue weighted by Crippen LogP contribution is -2.24. The number of hydrogen-bond acceptors (Lipinski definition) is 5. The number of hydrogen-bond donors (Lipinski definition) is 0. The minimum atomic E-state index is -0.546. The highest BCUT2D eigenvalue weighted by atomic mass is 16.6. The van der Waals surface area contributed by atoms with Crippen molar-refractivity contribution in [2.45, 2.75) is 19.4 Å². The molecular formula is C18H19NO5. The Morgan fingerprint density at radius 3 is 2.38 bits per heavy atom. The molecule has 0 atom stereocenters. The maximum atomic E-state index is 12.0. The normalized spacial score (nSPS) is 13.6. The minimum absolute atomic E-state index is 0.152. The molecule has 126 valence electrons. The van der Waals surface area contributed by atoms with Crippen LogP contribution in [0, 0.1) is 5.92 Å². The summed E-state index contributed by atoms with van der Waals surface area (Å²) in [5, 5.41) is 0. The first-order valence-corrected chi connectivity index (χ1v) is 7.52. The van der Waals surface area contributed by atoms with Crippen molar-refractivity contribution in [3.63, 3.8) is 0 Å². The Morgan fingerprint density at radius 2 is 1.75 bits per heavy atom. The molecular weight excluding hydrogens is 310 g/mol. The lowest BCUT2D eigenvalue weighted by Gasteiger charge is -2.19. The van der Waals surface area contributed by atoms with Crippen LogP contribution in [0.1, 0.15) is 18.4 Å². The molecule has 0 fully saturated rings. The first-order valence-electron chi connectivity index (χ1n) is 7.52. The molecule has 0 saturated heterocycles. The van der Waals surface area contributed by atoms with Gasteiger partial charge in [0.1, 0.15) is 18.8 Å². The lowest BCUT2D eigenvalue weighted by atomic mass is 9.99. The van der Waals surface area contributed by atoms with Crippen molar-refractivity contribution in [2.24, 2.45) is 5.92 Å². The summed E-state index contributed by atoms with van der Waals surface area (Å²) in [4.78, 5) is 36.0. The highest BCUT2D eigenvalue weighted by Gasteiger charge is 2.18. The zero-order chi connectivity index (χ0) is 17.4. The van der Waals surface area contributed by atoms with Gasteiger partial charge in [-0.25, -0.2) is 4.79 Å². The number of Topliss-reactive ketones (excluding diaryl/α,β-unsaturated/α-hetero) is 1. The highest BCUT2D eigenvalue weighted by Crippen LogP contribution is 2.16. The Hall–Kier alpha value is -2.89. The Bertz CT molecular complexity index is 637. The summed E-state index contributed by atoms with van der Waals surface area (Å²) in [6, 6.07) is 9.39. The monoisotopic (exact) mass is 329 g/mol. The average molecular weight is 329 g/mol. The number of ketones is 1. The van der Waals surface area contributed by atoms with E-state index in [1.165, 1.54) is 12.0 Å². The summed E-state index contributed by atoms with van der Waals surface area (Å²) in [5.74, 6) is -0.906. The molecule has 0 saturated carbocycles. The lowest BCUT2D eigenvalue weighted by molar-refractivity contribution is -0.143. The highest BCUT2D eigenvalue weighted by molar-refractivity contribution is 5.95. The smallest absolute Gasteiger partial charge is 0.418 e. The number of methoxy groups -OCH3 is 1. The van der Waals surface area contributed by atoms with E-state index in [9.17, 15) is 14.4 Å². The van der Waals surface area contributed by atoms with E-state index in [1.807, 2.05) is 30.3 Å². The van der Waals surface area contributed by atoms with Crippen LogP contribution in [0.3, 0.4) is 0 Å². The summed E-state index contributed by atoms with van der Waals surface area (Å²) >= 11 is 0. The molecule has 0 radical (unpaired) electrons. The number of allylic oxidation sites excluding steroid dienone is 2. The van der Waals surface area contributed by atoms with Gasteiger partial charge in [0.15, 0.2) is 0 Å². The number of carbonyl (C=O) groups excluding carboxylic acids is 3. The number of nitrogens with zero attached hydrogens (tertiary/aromatic N) is 1. The molecule has 0 bridgehead atoms. The number of amides is 1. The molecule has 2 rings (SSSR count). The molecule has 0 N–H and O–H groups in total. The number of carbonyl (C=O) groups is 3. The van der Waals surface area contributed by atoms with E-state index in [4.69, 9.17) is 4.74 Å². The van der Waals surface area contributed by atoms with Gasteiger partial charge in [-0.1, -0.05) is 42.5 Å². The van der Waals surface area contributed by atoms with Crippen molar-refractivity contribution in [2.75, 3.05) is 7.11 Å². The second kappa shape index (κ2) is 8.67. The second-order valence-corrected chi connectivity index (χ2v) is 5.29. The van der Waals surface area contributed by atoms with Gasteiger partial charge in [-0.15, -0.1) is 0 Å². The molecule has 1 heterocycles. The van der Waals surface area contributed by atoms with Gasteiger partial charge in [-0.3, -0.25) is 14.5 Å². The van der Waals surface area contributed by atoms with Crippen LogP contribution in [0.4, 0.5) is 4.79 Å². The maximum absolute atomic E-state index is 12.0. The molecule has 0 spiro atoms. The first-order chi connectivity index (χ1) is 11.6. The fourth-order valence-corrected chi connectivity index (χ4v) is 2.14. The predicted molar refractivity (Wildman–Crippen MR) is 86.5 cm³/mol. The number of rotatable bonds is 6. The maximum Gasteiger partial charge on any atom is 0.418 e. The molecule has 1 aromatic rings. The first kappa shape index (κ1) is 17.5. The van der Waals surface area contributed by atoms with Gasteiger partial charge in [0.05, 0.1) is 7.11 Å². The molecule has 0 aromatic heterocycles. The van der Waals surface area contributed by atoms with Crippen molar-refractivity contribution in [1.82, 2.24) is 4.90 Å². The van der Waals surface area contributed by atoms with E-state index in [0.717, 1.165) is 5.56 Å². The molecule has 24 heavy (non-hydrogen) atoms. The Morgan fingerprint density at radius 1 is 1.08 bits per heavy atom. The predicted octanol–water partition coefficient (Wildman–Crippen LogP) is 2.80. The standard InChI is InChI=1S/C18H19NO5/c1-23-17(21)12-16(20)11-14-7-9-19(10-8-14)18(22)24-13-15-5-3-2-4-6-15/h2-10,14H,11-13H2,1H3. The number of benzene rings is 1. The van der Waals surface area contributed by atoms with Crippen LogP contribution >= 0.6 is 0 Å². The van der Waals surface area contributed by atoms with Gasteiger partial charge in [0.25, 0.3) is 0 Å². The van der Waals surface area contributed by atoms with Crippen molar-refractivity contribution in [3.8, 4) is 0 Å². The topological polar surface area (TPSA) is 72.9 Å². The molecule has 0 aliphatic carbocycles. The third-order valence-corrected chi connectivity index (χ3v) is 3.44. The van der Waals surface area contributed by atoms with Crippen LogP contribution in [0.5, 0.6) is 0 Å². The fraction of sp³-hybridized carbons (Fsp3) is 0.278. The number of esters is 1. The SMILES string of the molecule is COC(=O)CC(=O)CC1C=CN(C(=O)OCc2ccccc2)C=C1. The van der Waals surface area contributed by atoms with Crippen molar-refractivity contribution >= 4 is 17.8 Å². The summed E-state index contributed by atoms with van der Waals surface area (Å²) < 4.78 is 9.66. The molecule has 1 aliphatic heterocycles. The van der Waals surface area contributed by atoms with Gasteiger partial charge in [0.2, 0.25) is 0 Å². The van der Waals surface area contributed by atoms with E-state index < -0.39 is 12.1 Å². The van der Waals surface area contributed by atoms with Gasteiger partial charge in [-0.2, -0.15) is 0 Å². The largest absolute Gasteiger partial charge is 0.469 e. The minimum Gasteiger partial charge on any atom is -0.469 e. The Labute approximate surface area is 140 Å². The summed E-state index contributed by atoms with van der Waals surface area (Å²) in [6.07, 6.45) is 6.02. The van der Waals surface area contributed by atoms with Crippen molar-refractivity contribution < 1.29 is 23.9 Å². The summed E-state index contributed by atoms with van der Waals surface area (Å²) in [6.45, 7) is 0.193. The molecule has 0 unspecified atom stereocenters. The van der Waals surface area contributed by atoms with Crippen LogP contribution in [-0.2, 0) is 25.7 Å². The van der Waals surface area contributed by atoms with Crippen molar-refractivity contribution in [3.05, 3.63) is 60.4 Å². The fourth-order valence-electron chi connectivity index (χ4n) is 2.14. The van der Waals surface area contributed by atoms with Crippen molar-refractivity contribution in [1.29, 1.82) is 0 Å². The van der Waals surface area contributed by atoms with Crippen LogP contribution in [0.2, 0.25) is 0 Å². The molecule has 6 nitrogen and oxygen atoms in total. The van der Waals surface area contributed by atoms with E-state index >= 15 is 0 Å². The molecule has 6 heteroatoms. The van der Waals surface area contributed by atoms with Gasteiger partial charge >= 0.3 is 12.1 Å². The third kappa shape index (κ3) is 5.39. The zero-order valence-corrected chi connectivity index (χ0v) is 13.4. The summed E-state index contributed by atoms with van der Waals surface area (Å²) in [7, 11) is 1.25. The number of ether oxygens (including phenoxy) is 2. The molecule has 1 aromatic carbocycles. The van der Waals surface area contributed by atoms with E-state index in [-0.39, 0.29) is 31.1 Å². The van der Waals surface area contributed by atoms with Crippen LogP contribution < -0.4 is 0 Å². The molecule has 1 amide bonds. The van der Waals surface area contributed by atoms with Crippen LogP contribution in [-0.4, -0.2) is 29.9 Å².